The van der Waals surface area contributed by atoms with Crippen LogP contribution in [0.1, 0.15) is 23.2 Å². The minimum Gasteiger partial charge on any atom is -0.338 e. The van der Waals surface area contributed by atoms with E-state index in [1.54, 1.807) is 0 Å². The zero-order chi connectivity index (χ0) is 16.3. The van der Waals surface area contributed by atoms with E-state index in [4.69, 9.17) is 11.6 Å². The van der Waals surface area contributed by atoms with Crippen molar-refractivity contribution in [3.05, 3.63) is 34.6 Å². The normalized spacial score (nSPS) is 19.2. The highest BCUT2D eigenvalue weighted by Gasteiger charge is 2.27. The van der Waals surface area contributed by atoms with Crippen LogP contribution in [0.3, 0.4) is 0 Å². The molecule has 0 unspecified atom stereocenters. The van der Waals surface area contributed by atoms with Crippen LogP contribution in [0.15, 0.2) is 18.2 Å². The maximum absolute atomic E-state index is 13.8. The quantitative estimate of drug-likeness (QED) is 0.903. The standard InChI is InChI=1S/C14H18ClFN2O3S/c1-22(20,21)17-8-10-4-3-7-18(9-10)14(19)13-11(15)5-2-6-12(13)16/h2,5-6,10,17H,3-4,7-9H2,1H3/t10-/m0/s1. The van der Waals surface area contributed by atoms with Crippen LogP contribution in [0.25, 0.3) is 0 Å². The van der Waals surface area contributed by atoms with Crippen LogP contribution in [-0.4, -0.2) is 45.1 Å². The van der Waals surface area contributed by atoms with Crippen molar-refractivity contribution in [2.75, 3.05) is 25.9 Å². The van der Waals surface area contributed by atoms with E-state index in [0.29, 0.717) is 13.1 Å². The van der Waals surface area contributed by atoms with Gasteiger partial charge in [-0.25, -0.2) is 17.5 Å². The van der Waals surface area contributed by atoms with Gasteiger partial charge in [-0.2, -0.15) is 0 Å². The van der Waals surface area contributed by atoms with Crippen molar-refractivity contribution in [3.63, 3.8) is 0 Å². The molecule has 0 spiro atoms. The Hall–Kier alpha value is -1.18. The third kappa shape index (κ3) is 4.41. The molecule has 1 fully saturated rings. The molecule has 0 aromatic heterocycles. The van der Waals surface area contributed by atoms with Gasteiger partial charge in [0.25, 0.3) is 5.91 Å². The number of carbonyl (C=O) groups is 1. The first-order valence-corrected chi connectivity index (χ1v) is 9.23. The molecule has 22 heavy (non-hydrogen) atoms. The summed E-state index contributed by atoms with van der Waals surface area (Å²) in [6.07, 6.45) is 2.66. The lowest BCUT2D eigenvalue weighted by Crippen LogP contribution is -2.43. The Kier molecular flexibility index (Phi) is 5.41. The molecule has 1 aliphatic heterocycles. The highest BCUT2D eigenvalue weighted by molar-refractivity contribution is 7.88. The van der Waals surface area contributed by atoms with Crippen molar-refractivity contribution in [1.29, 1.82) is 0 Å². The molecule has 1 atom stereocenters. The topological polar surface area (TPSA) is 66.5 Å². The average Bonchev–Trinajstić information content (AvgIpc) is 2.44. The molecule has 1 aromatic rings. The van der Waals surface area contributed by atoms with Crippen LogP contribution >= 0.6 is 11.6 Å². The highest BCUT2D eigenvalue weighted by atomic mass is 35.5. The summed E-state index contributed by atoms with van der Waals surface area (Å²) in [6.45, 7) is 1.17. The van der Waals surface area contributed by atoms with E-state index in [0.717, 1.165) is 19.1 Å². The Balaban J connectivity index is 2.07. The molecule has 0 saturated carbocycles. The molecule has 1 N–H and O–H groups in total. The van der Waals surface area contributed by atoms with Crippen LogP contribution in [0.5, 0.6) is 0 Å². The highest BCUT2D eigenvalue weighted by Crippen LogP contribution is 2.24. The predicted octanol–water partition coefficient (Wildman–Crippen LogP) is 1.88. The minimum atomic E-state index is -3.26. The summed E-state index contributed by atoms with van der Waals surface area (Å²) in [5.74, 6) is -1.08. The molecule has 5 nitrogen and oxygen atoms in total. The Bertz CT molecular complexity index is 646. The first-order valence-electron chi connectivity index (χ1n) is 6.96. The lowest BCUT2D eigenvalue weighted by Gasteiger charge is -2.33. The van der Waals surface area contributed by atoms with E-state index in [1.165, 1.54) is 23.1 Å². The number of hydrogen-bond acceptors (Lipinski definition) is 3. The number of likely N-dealkylation sites (tertiary alicyclic amines) is 1. The zero-order valence-corrected chi connectivity index (χ0v) is 13.8. The molecule has 0 radical (unpaired) electrons. The fraction of sp³-hybridized carbons (Fsp3) is 0.500. The molecule has 0 bridgehead atoms. The second-order valence-electron chi connectivity index (χ2n) is 5.48. The molecule has 1 saturated heterocycles. The van der Waals surface area contributed by atoms with Gasteiger partial charge >= 0.3 is 0 Å². The second kappa shape index (κ2) is 6.93. The molecule has 1 aromatic carbocycles. The van der Waals surface area contributed by atoms with Gasteiger partial charge in [-0.05, 0) is 30.9 Å². The number of sulfonamides is 1. The van der Waals surface area contributed by atoms with Crippen molar-refractivity contribution in [2.45, 2.75) is 12.8 Å². The molecule has 1 aliphatic rings. The van der Waals surface area contributed by atoms with Gasteiger partial charge in [0.15, 0.2) is 0 Å². The summed E-state index contributed by atoms with van der Waals surface area (Å²) in [4.78, 5) is 14.0. The molecule has 1 amide bonds. The number of hydrogen-bond donors (Lipinski definition) is 1. The molecule has 0 aliphatic carbocycles. The summed E-state index contributed by atoms with van der Waals surface area (Å²) < 4.78 is 38.6. The lowest BCUT2D eigenvalue weighted by molar-refractivity contribution is 0.0672. The third-order valence-corrected chi connectivity index (χ3v) is 4.62. The van der Waals surface area contributed by atoms with Gasteiger partial charge in [-0.1, -0.05) is 17.7 Å². The number of piperidine rings is 1. The maximum Gasteiger partial charge on any atom is 0.258 e. The maximum atomic E-state index is 13.8. The van der Waals surface area contributed by atoms with Gasteiger partial charge in [0, 0.05) is 19.6 Å². The third-order valence-electron chi connectivity index (χ3n) is 3.62. The average molecular weight is 349 g/mol. The molecule has 1 heterocycles. The van der Waals surface area contributed by atoms with E-state index in [1.807, 2.05) is 0 Å². The molecular weight excluding hydrogens is 331 g/mol. The number of benzene rings is 1. The van der Waals surface area contributed by atoms with E-state index >= 15 is 0 Å². The number of carbonyl (C=O) groups excluding carboxylic acids is 1. The number of nitrogens with zero attached hydrogens (tertiary/aromatic N) is 1. The Morgan fingerprint density at radius 2 is 2.23 bits per heavy atom. The Morgan fingerprint density at radius 3 is 2.86 bits per heavy atom. The fourth-order valence-corrected chi connectivity index (χ4v) is 3.33. The van der Waals surface area contributed by atoms with Gasteiger partial charge in [-0.3, -0.25) is 4.79 Å². The minimum absolute atomic E-state index is 0.0120. The number of rotatable bonds is 4. The van der Waals surface area contributed by atoms with Crippen molar-refractivity contribution in [2.24, 2.45) is 5.92 Å². The number of halogens is 2. The van der Waals surface area contributed by atoms with Crippen LogP contribution in [0.2, 0.25) is 5.02 Å². The summed E-state index contributed by atoms with van der Waals surface area (Å²) in [5, 5.41) is 0.0846. The monoisotopic (exact) mass is 348 g/mol. The van der Waals surface area contributed by atoms with Gasteiger partial charge in [-0.15, -0.1) is 0 Å². The zero-order valence-electron chi connectivity index (χ0n) is 12.2. The number of amides is 1. The number of nitrogens with one attached hydrogen (secondary N) is 1. The van der Waals surface area contributed by atoms with Gasteiger partial charge < -0.3 is 4.90 Å². The first-order chi connectivity index (χ1) is 10.3. The molecule has 8 heteroatoms. The lowest BCUT2D eigenvalue weighted by atomic mass is 9.97. The smallest absolute Gasteiger partial charge is 0.258 e. The van der Waals surface area contributed by atoms with Crippen LogP contribution in [0, 0.1) is 11.7 Å². The Morgan fingerprint density at radius 1 is 1.50 bits per heavy atom. The molecule has 122 valence electrons. The van der Waals surface area contributed by atoms with Crippen molar-refractivity contribution >= 4 is 27.5 Å². The first kappa shape index (κ1) is 17.2. The summed E-state index contributed by atoms with van der Waals surface area (Å²) >= 11 is 5.92. The largest absolute Gasteiger partial charge is 0.338 e. The van der Waals surface area contributed by atoms with E-state index in [2.05, 4.69) is 4.72 Å². The van der Waals surface area contributed by atoms with Gasteiger partial charge in [0.05, 0.1) is 16.8 Å². The van der Waals surface area contributed by atoms with Crippen molar-refractivity contribution in [1.82, 2.24) is 9.62 Å². The summed E-state index contributed by atoms with van der Waals surface area (Å²) in [7, 11) is -3.26. The predicted molar refractivity (Wildman–Crippen MR) is 82.9 cm³/mol. The van der Waals surface area contributed by atoms with E-state index in [9.17, 15) is 17.6 Å². The van der Waals surface area contributed by atoms with Gasteiger partial charge in [0.2, 0.25) is 10.0 Å². The van der Waals surface area contributed by atoms with E-state index in [-0.39, 0.29) is 23.0 Å². The molecular formula is C14H18ClFN2O3S. The van der Waals surface area contributed by atoms with Crippen LogP contribution < -0.4 is 4.72 Å². The van der Waals surface area contributed by atoms with Crippen molar-refractivity contribution < 1.29 is 17.6 Å². The van der Waals surface area contributed by atoms with Crippen molar-refractivity contribution in [3.8, 4) is 0 Å². The van der Waals surface area contributed by atoms with Crippen LogP contribution in [-0.2, 0) is 10.0 Å². The van der Waals surface area contributed by atoms with Crippen LogP contribution in [0.4, 0.5) is 4.39 Å². The van der Waals surface area contributed by atoms with E-state index < -0.39 is 21.7 Å². The SMILES string of the molecule is CS(=O)(=O)NC[C@@H]1CCCN(C(=O)c2c(F)cccc2Cl)C1. The second-order valence-corrected chi connectivity index (χ2v) is 7.72. The Labute approximate surface area is 134 Å². The fourth-order valence-electron chi connectivity index (χ4n) is 2.55. The summed E-state index contributed by atoms with van der Waals surface area (Å²) in [6, 6.07) is 4.12. The van der Waals surface area contributed by atoms with Gasteiger partial charge in [0.1, 0.15) is 5.82 Å². The molecule has 2 rings (SSSR count). The summed E-state index contributed by atoms with van der Waals surface area (Å²) in [5.41, 5.74) is -0.124.